The molecular formula is C7HCl2N2O6-. The van der Waals surface area contributed by atoms with Gasteiger partial charge in [0.1, 0.15) is 5.02 Å². The monoisotopic (exact) mass is 279 g/mol. The molecule has 0 radical (unpaired) electrons. The van der Waals surface area contributed by atoms with Crippen LogP contribution in [0.15, 0.2) is 6.07 Å². The number of carbonyl (C=O) groups is 1. The van der Waals surface area contributed by atoms with Crippen LogP contribution in [-0.4, -0.2) is 15.8 Å². The molecule has 0 amide bonds. The van der Waals surface area contributed by atoms with Crippen molar-refractivity contribution < 1.29 is 19.7 Å². The van der Waals surface area contributed by atoms with Crippen LogP contribution in [-0.2, 0) is 0 Å². The molecule has 0 aromatic heterocycles. The van der Waals surface area contributed by atoms with Gasteiger partial charge in [-0.15, -0.1) is 0 Å². The van der Waals surface area contributed by atoms with E-state index in [1.54, 1.807) is 0 Å². The summed E-state index contributed by atoms with van der Waals surface area (Å²) in [5, 5.41) is 30.1. The maximum atomic E-state index is 10.6. The van der Waals surface area contributed by atoms with Crippen molar-refractivity contribution in [2.24, 2.45) is 0 Å². The lowest BCUT2D eigenvalue weighted by Crippen LogP contribution is -2.23. The number of aromatic carboxylic acids is 1. The van der Waals surface area contributed by atoms with Gasteiger partial charge in [-0.05, 0) is 0 Å². The molecule has 0 unspecified atom stereocenters. The average molecular weight is 280 g/mol. The molecule has 0 saturated heterocycles. The molecule has 0 fully saturated rings. The van der Waals surface area contributed by atoms with Crippen molar-refractivity contribution >= 4 is 40.5 Å². The van der Waals surface area contributed by atoms with Crippen molar-refractivity contribution in [2.75, 3.05) is 0 Å². The highest BCUT2D eigenvalue weighted by Gasteiger charge is 2.30. The number of halogens is 2. The molecule has 0 atom stereocenters. The van der Waals surface area contributed by atoms with Gasteiger partial charge in [0.2, 0.25) is 0 Å². The first kappa shape index (κ1) is 13.1. The highest BCUT2D eigenvalue weighted by atomic mass is 35.5. The first-order valence-corrected chi connectivity index (χ1v) is 4.55. The van der Waals surface area contributed by atoms with E-state index >= 15 is 0 Å². The van der Waals surface area contributed by atoms with E-state index in [0.29, 0.717) is 6.07 Å². The lowest BCUT2D eigenvalue weighted by atomic mass is 10.1. The fourth-order valence-corrected chi connectivity index (χ4v) is 1.68. The first-order valence-electron chi connectivity index (χ1n) is 3.79. The van der Waals surface area contributed by atoms with Gasteiger partial charge in [0.15, 0.2) is 5.02 Å². The molecule has 0 spiro atoms. The van der Waals surface area contributed by atoms with Crippen molar-refractivity contribution in [1.29, 1.82) is 0 Å². The molecule has 0 aliphatic heterocycles. The Labute approximate surface area is 103 Å². The minimum absolute atomic E-state index is 0.507. The fraction of sp³-hybridized carbons (Fsp3) is 0. The van der Waals surface area contributed by atoms with Crippen LogP contribution in [0.1, 0.15) is 10.4 Å². The Kier molecular flexibility index (Phi) is 3.49. The van der Waals surface area contributed by atoms with Crippen molar-refractivity contribution in [3.63, 3.8) is 0 Å². The van der Waals surface area contributed by atoms with Crippen molar-refractivity contribution in [3.8, 4) is 0 Å². The van der Waals surface area contributed by atoms with E-state index in [2.05, 4.69) is 0 Å². The third-order valence-corrected chi connectivity index (χ3v) is 2.51. The molecule has 90 valence electrons. The third kappa shape index (κ3) is 2.27. The minimum atomic E-state index is -1.88. The molecule has 0 saturated carbocycles. The molecule has 1 aromatic rings. The van der Waals surface area contributed by atoms with Crippen molar-refractivity contribution in [1.82, 2.24) is 0 Å². The molecule has 1 aromatic carbocycles. The topological polar surface area (TPSA) is 126 Å². The second kappa shape index (κ2) is 4.52. The number of carbonyl (C=O) groups excluding carboxylic acids is 1. The predicted octanol–water partition coefficient (Wildman–Crippen LogP) is 1.17. The maximum Gasteiger partial charge on any atom is 0.314 e. The van der Waals surface area contributed by atoms with Crippen LogP contribution < -0.4 is 5.11 Å². The number of carboxylic acid groups (broad SMARTS) is 1. The van der Waals surface area contributed by atoms with Gasteiger partial charge in [-0.3, -0.25) is 20.2 Å². The quantitative estimate of drug-likeness (QED) is 0.604. The van der Waals surface area contributed by atoms with Crippen LogP contribution in [0.3, 0.4) is 0 Å². The highest BCUT2D eigenvalue weighted by molar-refractivity contribution is 6.41. The Morgan fingerprint density at radius 1 is 1.12 bits per heavy atom. The number of nitro groups is 2. The first-order chi connectivity index (χ1) is 7.77. The lowest BCUT2D eigenvalue weighted by molar-refractivity contribution is -0.394. The number of benzene rings is 1. The Bertz CT molecular complexity index is 505. The summed E-state index contributed by atoms with van der Waals surface area (Å²) in [5.41, 5.74) is -2.84. The van der Waals surface area contributed by atoms with Crippen LogP contribution in [0.5, 0.6) is 0 Å². The van der Waals surface area contributed by atoms with Gasteiger partial charge >= 0.3 is 5.69 Å². The molecule has 1 rings (SSSR count). The third-order valence-electron chi connectivity index (χ3n) is 1.76. The average Bonchev–Trinajstić information content (AvgIpc) is 2.15. The number of hydrogen-bond acceptors (Lipinski definition) is 6. The van der Waals surface area contributed by atoms with E-state index in [-0.39, 0.29) is 0 Å². The second-order valence-electron chi connectivity index (χ2n) is 2.72. The van der Waals surface area contributed by atoms with Crippen LogP contribution in [0.25, 0.3) is 0 Å². The van der Waals surface area contributed by atoms with Crippen LogP contribution >= 0.6 is 23.2 Å². The van der Waals surface area contributed by atoms with Gasteiger partial charge in [0.25, 0.3) is 5.69 Å². The molecular weight excluding hydrogens is 279 g/mol. The Morgan fingerprint density at radius 3 is 2.00 bits per heavy atom. The Balaban J connectivity index is 3.76. The molecule has 0 aliphatic carbocycles. The number of nitrogens with zero attached hydrogens (tertiary/aromatic N) is 2. The molecule has 10 heteroatoms. The summed E-state index contributed by atoms with van der Waals surface area (Å²) < 4.78 is 0. The standard InChI is InChI=1S/C7H2Cl2N2O6/c8-4-2(7(12)13)1-3(10(14)15)5(9)6(4)11(16)17/h1H,(H,12,13)/p-1. The molecule has 0 bridgehead atoms. The number of carboxylic acids is 1. The summed E-state index contributed by atoms with van der Waals surface area (Å²) in [5.74, 6) is -1.88. The normalized spacial score (nSPS) is 10.0. The maximum absolute atomic E-state index is 10.6. The molecule has 0 N–H and O–H groups in total. The summed E-state index contributed by atoms with van der Waals surface area (Å²) in [7, 11) is 0. The number of nitro benzene ring substituents is 2. The van der Waals surface area contributed by atoms with Gasteiger partial charge in [-0.2, -0.15) is 0 Å². The van der Waals surface area contributed by atoms with Gasteiger partial charge in [-0.1, -0.05) is 23.2 Å². The van der Waals surface area contributed by atoms with Crippen molar-refractivity contribution in [3.05, 3.63) is 41.9 Å². The fourth-order valence-electron chi connectivity index (χ4n) is 1.05. The summed E-state index contributed by atoms with van der Waals surface area (Å²) in [6.07, 6.45) is 0. The molecule has 0 aliphatic rings. The van der Waals surface area contributed by atoms with E-state index in [1.807, 2.05) is 0 Å². The minimum Gasteiger partial charge on any atom is -0.545 e. The van der Waals surface area contributed by atoms with Crippen LogP contribution in [0.4, 0.5) is 11.4 Å². The van der Waals surface area contributed by atoms with Gasteiger partial charge in [0, 0.05) is 11.6 Å². The van der Waals surface area contributed by atoms with E-state index in [9.17, 15) is 30.1 Å². The molecule has 0 heterocycles. The summed E-state index contributed by atoms with van der Waals surface area (Å²) in [6.45, 7) is 0. The van der Waals surface area contributed by atoms with Gasteiger partial charge in [-0.25, -0.2) is 0 Å². The van der Waals surface area contributed by atoms with E-state index in [0.717, 1.165) is 0 Å². The van der Waals surface area contributed by atoms with E-state index in [4.69, 9.17) is 23.2 Å². The zero-order valence-electron chi connectivity index (χ0n) is 7.68. The smallest absolute Gasteiger partial charge is 0.314 e. The van der Waals surface area contributed by atoms with E-state index in [1.165, 1.54) is 0 Å². The summed E-state index contributed by atoms with van der Waals surface area (Å²) in [6, 6.07) is 0.507. The Morgan fingerprint density at radius 2 is 1.65 bits per heavy atom. The zero-order chi connectivity index (χ0) is 13.3. The van der Waals surface area contributed by atoms with Crippen LogP contribution in [0, 0.1) is 20.2 Å². The molecule has 8 nitrogen and oxygen atoms in total. The van der Waals surface area contributed by atoms with Crippen LogP contribution in [0.2, 0.25) is 10.0 Å². The molecule has 17 heavy (non-hydrogen) atoms. The highest BCUT2D eigenvalue weighted by Crippen LogP contribution is 2.41. The summed E-state index contributed by atoms with van der Waals surface area (Å²) >= 11 is 10.8. The largest absolute Gasteiger partial charge is 0.545 e. The number of hydrogen-bond donors (Lipinski definition) is 0. The second-order valence-corrected chi connectivity index (χ2v) is 3.48. The summed E-state index contributed by atoms with van der Waals surface area (Å²) in [4.78, 5) is 29.6. The zero-order valence-corrected chi connectivity index (χ0v) is 9.19. The number of rotatable bonds is 3. The predicted molar refractivity (Wildman–Crippen MR) is 54.1 cm³/mol. The van der Waals surface area contributed by atoms with E-state index < -0.39 is 42.8 Å². The van der Waals surface area contributed by atoms with Gasteiger partial charge < -0.3 is 9.90 Å². The SMILES string of the molecule is O=C([O-])c1cc([N+](=O)[O-])c(Cl)c([N+](=O)[O-])c1Cl. The lowest BCUT2D eigenvalue weighted by Gasteiger charge is -2.07. The van der Waals surface area contributed by atoms with Gasteiger partial charge in [0.05, 0.1) is 15.8 Å². The Hall–Kier alpha value is -1.93. The van der Waals surface area contributed by atoms with Crippen molar-refractivity contribution in [2.45, 2.75) is 0 Å².